The molecule has 1 aliphatic heterocycles. The first-order valence-corrected chi connectivity index (χ1v) is 8.33. The largest absolute Gasteiger partial charge is 0.388 e. The quantitative estimate of drug-likeness (QED) is 0.906. The molecule has 0 aromatic heterocycles. The molecule has 2 fully saturated rings. The van der Waals surface area contributed by atoms with Crippen LogP contribution in [0.5, 0.6) is 0 Å². The van der Waals surface area contributed by atoms with E-state index in [1.165, 1.54) is 58.0 Å². The summed E-state index contributed by atoms with van der Waals surface area (Å²) in [4.78, 5) is 2.67. The summed E-state index contributed by atoms with van der Waals surface area (Å²) < 4.78 is 0. The summed E-state index contributed by atoms with van der Waals surface area (Å²) in [6, 6.07) is 10.9. The molecule has 3 rings (SSSR count). The first kappa shape index (κ1) is 14.1. The van der Waals surface area contributed by atoms with Crippen LogP contribution in [0.1, 0.15) is 56.6 Å². The number of likely N-dealkylation sites (tertiary alicyclic amines) is 1. The molecule has 20 heavy (non-hydrogen) atoms. The summed E-state index contributed by atoms with van der Waals surface area (Å²) in [5.41, 5.74) is 1.10. The Morgan fingerprint density at radius 3 is 2.35 bits per heavy atom. The summed E-state index contributed by atoms with van der Waals surface area (Å²) in [7, 11) is 0. The van der Waals surface area contributed by atoms with Crippen molar-refractivity contribution < 1.29 is 5.11 Å². The van der Waals surface area contributed by atoms with Crippen LogP contribution in [0.2, 0.25) is 0 Å². The van der Waals surface area contributed by atoms with E-state index in [0.717, 1.165) is 5.56 Å². The number of benzene rings is 1. The fourth-order valence-electron chi connectivity index (χ4n) is 4.11. The predicted octanol–water partition coefficient (Wildman–Crippen LogP) is 3.76. The van der Waals surface area contributed by atoms with Crippen LogP contribution in [-0.2, 0) is 0 Å². The Labute approximate surface area is 122 Å². The highest BCUT2D eigenvalue weighted by atomic mass is 16.3. The Bertz CT molecular complexity index is 399. The van der Waals surface area contributed by atoms with Gasteiger partial charge in [0.1, 0.15) is 0 Å². The van der Waals surface area contributed by atoms with Crippen molar-refractivity contribution in [2.24, 2.45) is 5.92 Å². The van der Waals surface area contributed by atoms with Gasteiger partial charge in [-0.15, -0.1) is 0 Å². The third-order valence-electron chi connectivity index (χ3n) is 5.19. The van der Waals surface area contributed by atoms with E-state index in [1.807, 2.05) is 18.2 Å². The topological polar surface area (TPSA) is 23.5 Å². The number of hydrogen-bond acceptors (Lipinski definition) is 2. The monoisotopic (exact) mass is 273 g/mol. The zero-order valence-electron chi connectivity index (χ0n) is 12.4. The SMILES string of the molecule is O[C@H](c1ccccc1)[C@H]1CCCC[C@@H]1N1CCCCC1. The van der Waals surface area contributed by atoms with E-state index in [1.54, 1.807) is 0 Å². The summed E-state index contributed by atoms with van der Waals surface area (Å²) in [5, 5.41) is 10.8. The number of aliphatic hydroxyl groups excluding tert-OH is 1. The second-order valence-electron chi connectivity index (χ2n) is 6.47. The summed E-state index contributed by atoms with van der Waals surface area (Å²) in [6.07, 6.45) is 8.83. The van der Waals surface area contributed by atoms with Crippen molar-refractivity contribution >= 4 is 0 Å². The van der Waals surface area contributed by atoms with E-state index in [-0.39, 0.29) is 6.10 Å². The number of nitrogens with zero attached hydrogens (tertiary/aromatic N) is 1. The van der Waals surface area contributed by atoms with Crippen LogP contribution < -0.4 is 0 Å². The Hall–Kier alpha value is -0.860. The zero-order valence-corrected chi connectivity index (χ0v) is 12.4. The maximum atomic E-state index is 10.8. The molecule has 0 bridgehead atoms. The highest BCUT2D eigenvalue weighted by Gasteiger charge is 2.35. The van der Waals surface area contributed by atoms with Gasteiger partial charge in [0, 0.05) is 12.0 Å². The van der Waals surface area contributed by atoms with Crippen molar-refractivity contribution in [3.63, 3.8) is 0 Å². The minimum absolute atomic E-state index is 0.288. The maximum Gasteiger partial charge on any atom is 0.0833 e. The van der Waals surface area contributed by atoms with Crippen LogP contribution in [-0.4, -0.2) is 29.1 Å². The molecule has 0 amide bonds. The van der Waals surface area contributed by atoms with Crippen molar-refractivity contribution in [3.8, 4) is 0 Å². The summed E-state index contributed by atoms with van der Waals surface area (Å²) in [5.74, 6) is 0.421. The molecule has 2 aliphatic rings. The van der Waals surface area contributed by atoms with Gasteiger partial charge in [-0.3, -0.25) is 0 Å². The molecule has 2 nitrogen and oxygen atoms in total. The van der Waals surface area contributed by atoms with Crippen LogP contribution in [0.3, 0.4) is 0 Å². The standard InChI is InChI=1S/C18H27NO/c20-18(15-9-3-1-4-10-15)16-11-5-6-12-17(16)19-13-7-2-8-14-19/h1,3-4,9-10,16-18,20H,2,5-8,11-14H2/t16-,17-,18+/m0/s1. The molecule has 110 valence electrons. The lowest BCUT2D eigenvalue weighted by Crippen LogP contribution is -2.46. The van der Waals surface area contributed by atoms with Gasteiger partial charge in [-0.1, -0.05) is 49.6 Å². The van der Waals surface area contributed by atoms with E-state index >= 15 is 0 Å². The molecular formula is C18H27NO. The van der Waals surface area contributed by atoms with E-state index in [0.29, 0.717) is 12.0 Å². The summed E-state index contributed by atoms with van der Waals surface area (Å²) >= 11 is 0. The lowest BCUT2D eigenvalue weighted by atomic mass is 9.77. The fourth-order valence-corrected chi connectivity index (χ4v) is 4.11. The smallest absolute Gasteiger partial charge is 0.0833 e. The van der Waals surface area contributed by atoms with Crippen molar-refractivity contribution in [1.29, 1.82) is 0 Å². The average molecular weight is 273 g/mol. The van der Waals surface area contributed by atoms with Gasteiger partial charge in [-0.05, 0) is 44.3 Å². The van der Waals surface area contributed by atoms with Crippen molar-refractivity contribution in [2.75, 3.05) is 13.1 Å². The van der Waals surface area contributed by atoms with Crippen LogP contribution in [0.15, 0.2) is 30.3 Å². The number of aliphatic hydroxyl groups is 1. The first-order chi connectivity index (χ1) is 9.86. The molecule has 0 radical (unpaired) electrons. The van der Waals surface area contributed by atoms with Gasteiger partial charge < -0.3 is 10.0 Å². The molecule has 1 aliphatic carbocycles. The molecule has 0 spiro atoms. The Kier molecular flexibility index (Phi) is 4.74. The molecule has 1 saturated carbocycles. The third kappa shape index (κ3) is 3.07. The molecule has 1 saturated heterocycles. The summed E-state index contributed by atoms with van der Waals surface area (Å²) in [6.45, 7) is 2.48. The first-order valence-electron chi connectivity index (χ1n) is 8.33. The van der Waals surface area contributed by atoms with Gasteiger partial charge in [0.15, 0.2) is 0 Å². The predicted molar refractivity (Wildman–Crippen MR) is 82.6 cm³/mol. The molecule has 1 N–H and O–H groups in total. The molecule has 1 heterocycles. The van der Waals surface area contributed by atoms with Gasteiger partial charge in [0.25, 0.3) is 0 Å². The lowest BCUT2D eigenvalue weighted by Gasteiger charge is -2.43. The molecule has 1 aromatic carbocycles. The van der Waals surface area contributed by atoms with Gasteiger partial charge in [-0.2, -0.15) is 0 Å². The van der Waals surface area contributed by atoms with E-state index in [2.05, 4.69) is 17.0 Å². The highest BCUT2D eigenvalue weighted by Crippen LogP contribution is 2.38. The third-order valence-corrected chi connectivity index (χ3v) is 5.19. The number of piperidine rings is 1. The minimum atomic E-state index is -0.288. The molecule has 0 unspecified atom stereocenters. The van der Waals surface area contributed by atoms with Gasteiger partial charge >= 0.3 is 0 Å². The molecule has 3 atom stereocenters. The van der Waals surface area contributed by atoms with Crippen LogP contribution >= 0.6 is 0 Å². The Balaban J connectivity index is 1.74. The van der Waals surface area contributed by atoms with Gasteiger partial charge in [0.05, 0.1) is 6.10 Å². The zero-order chi connectivity index (χ0) is 13.8. The van der Waals surface area contributed by atoms with Crippen molar-refractivity contribution in [3.05, 3.63) is 35.9 Å². The average Bonchev–Trinajstić information content (AvgIpc) is 2.56. The van der Waals surface area contributed by atoms with Crippen LogP contribution in [0.25, 0.3) is 0 Å². The van der Waals surface area contributed by atoms with E-state index in [9.17, 15) is 5.11 Å². The second kappa shape index (κ2) is 6.73. The molecular weight excluding hydrogens is 246 g/mol. The van der Waals surface area contributed by atoms with Gasteiger partial charge in [-0.25, -0.2) is 0 Å². The minimum Gasteiger partial charge on any atom is -0.388 e. The molecule has 1 aromatic rings. The number of hydrogen-bond donors (Lipinski definition) is 1. The second-order valence-corrected chi connectivity index (χ2v) is 6.47. The highest BCUT2D eigenvalue weighted by molar-refractivity contribution is 5.18. The van der Waals surface area contributed by atoms with E-state index in [4.69, 9.17) is 0 Å². The van der Waals surface area contributed by atoms with Crippen molar-refractivity contribution in [1.82, 2.24) is 4.90 Å². The van der Waals surface area contributed by atoms with Crippen LogP contribution in [0.4, 0.5) is 0 Å². The van der Waals surface area contributed by atoms with Gasteiger partial charge in [0.2, 0.25) is 0 Å². The maximum absolute atomic E-state index is 10.8. The number of rotatable bonds is 3. The Morgan fingerprint density at radius 1 is 0.900 bits per heavy atom. The van der Waals surface area contributed by atoms with Crippen molar-refractivity contribution in [2.45, 2.75) is 57.1 Å². The van der Waals surface area contributed by atoms with Crippen LogP contribution in [0, 0.1) is 5.92 Å². The fraction of sp³-hybridized carbons (Fsp3) is 0.667. The Morgan fingerprint density at radius 2 is 1.60 bits per heavy atom. The van der Waals surface area contributed by atoms with E-state index < -0.39 is 0 Å². The lowest BCUT2D eigenvalue weighted by molar-refractivity contribution is 0.00386. The normalized spacial score (nSPS) is 30.1. The molecule has 2 heteroatoms.